The Hall–Kier alpha value is -1.79. The monoisotopic (exact) mass is 259 g/mol. The third kappa shape index (κ3) is 6.07. The van der Waals surface area contributed by atoms with Gasteiger partial charge in [-0.3, -0.25) is 4.79 Å². The van der Waals surface area contributed by atoms with Gasteiger partial charge in [-0.1, -0.05) is 20.8 Å². The van der Waals surface area contributed by atoms with E-state index < -0.39 is 30.4 Å². The van der Waals surface area contributed by atoms with Crippen LogP contribution in [0.5, 0.6) is 0 Å². The van der Waals surface area contributed by atoms with E-state index in [1.54, 1.807) is 0 Å². The number of hydrogen-bond acceptors (Lipinski definition) is 3. The molecule has 0 spiro atoms. The van der Waals surface area contributed by atoms with E-state index in [1.165, 1.54) is 0 Å². The van der Waals surface area contributed by atoms with Crippen LogP contribution < -0.4 is 16.4 Å². The van der Waals surface area contributed by atoms with E-state index >= 15 is 0 Å². The van der Waals surface area contributed by atoms with Crippen molar-refractivity contribution in [2.45, 2.75) is 45.7 Å². The third-order valence-electron chi connectivity index (χ3n) is 2.57. The van der Waals surface area contributed by atoms with Gasteiger partial charge in [0.2, 0.25) is 5.91 Å². The zero-order valence-electron chi connectivity index (χ0n) is 10.9. The quantitative estimate of drug-likeness (QED) is 0.516. The molecule has 3 amide bonds. The van der Waals surface area contributed by atoms with E-state index in [2.05, 4.69) is 10.6 Å². The molecule has 7 nitrogen and oxygen atoms in total. The van der Waals surface area contributed by atoms with Gasteiger partial charge in [0.25, 0.3) is 0 Å². The average Bonchev–Trinajstić information content (AvgIpc) is 2.23. The molecule has 0 radical (unpaired) electrons. The molecule has 0 bridgehead atoms. The van der Waals surface area contributed by atoms with Gasteiger partial charge in [-0.05, 0) is 12.3 Å². The van der Waals surface area contributed by atoms with Crippen molar-refractivity contribution in [2.24, 2.45) is 11.7 Å². The lowest BCUT2D eigenvalue weighted by molar-refractivity contribution is -0.140. The molecule has 0 fully saturated rings. The molecule has 0 aliphatic carbocycles. The number of rotatable bonds is 7. The number of primary amides is 1. The van der Waals surface area contributed by atoms with E-state index in [1.807, 2.05) is 20.8 Å². The van der Waals surface area contributed by atoms with Crippen molar-refractivity contribution in [3.8, 4) is 0 Å². The van der Waals surface area contributed by atoms with Crippen LogP contribution in [0.25, 0.3) is 0 Å². The zero-order valence-corrected chi connectivity index (χ0v) is 10.9. The van der Waals surface area contributed by atoms with Gasteiger partial charge in [0, 0.05) is 6.04 Å². The number of carboxylic acids is 1. The smallest absolute Gasteiger partial charge is 0.326 e. The van der Waals surface area contributed by atoms with Crippen molar-refractivity contribution in [3.63, 3.8) is 0 Å². The Bertz CT molecular complexity index is 317. The fourth-order valence-electron chi connectivity index (χ4n) is 1.51. The maximum atomic E-state index is 11.6. The number of urea groups is 1. The van der Waals surface area contributed by atoms with Gasteiger partial charge in [-0.2, -0.15) is 0 Å². The fraction of sp³-hybridized carbons (Fsp3) is 0.727. The summed E-state index contributed by atoms with van der Waals surface area (Å²) in [6, 6.07) is -1.95. The number of carbonyl (C=O) groups is 3. The Balaban J connectivity index is 4.42. The number of nitrogens with one attached hydrogen (secondary N) is 2. The Morgan fingerprint density at radius 1 is 1.22 bits per heavy atom. The molecule has 2 unspecified atom stereocenters. The molecule has 0 aliphatic rings. The summed E-state index contributed by atoms with van der Waals surface area (Å²) in [5, 5.41) is 13.7. The molecule has 104 valence electrons. The fourth-order valence-corrected chi connectivity index (χ4v) is 1.51. The van der Waals surface area contributed by atoms with E-state index in [9.17, 15) is 14.4 Å². The van der Waals surface area contributed by atoms with Crippen LogP contribution in [0.4, 0.5) is 4.79 Å². The second-order valence-corrected chi connectivity index (χ2v) is 4.44. The van der Waals surface area contributed by atoms with Crippen molar-refractivity contribution in [2.75, 3.05) is 0 Å². The number of hydrogen-bond donors (Lipinski definition) is 4. The van der Waals surface area contributed by atoms with Crippen LogP contribution in [-0.2, 0) is 9.59 Å². The van der Waals surface area contributed by atoms with E-state index in [0.29, 0.717) is 0 Å². The molecule has 0 saturated carbocycles. The second-order valence-electron chi connectivity index (χ2n) is 4.44. The summed E-state index contributed by atoms with van der Waals surface area (Å²) in [5.74, 6) is -1.83. The van der Waals surface area contributed by atoms with Gasteiger partial charge >= 0.3 is 12.0 Å². The molecule has 0 heterocycles. The Morgan fingerprint density at radius 2 is 1.78 bits per heavy atom. The largest absolute Gasteiger partial charge is 0.480 e. The number of amides is 3. The summed E-state index contributed by atoms with van der Waals surface area (Å²) in [6.07, 6.45) is 0.305. The lowest BCUT2D eigenvalue weighted by atomic mass is 10.0. The molecule has 0 aromatic heterocycles. The molecular formula is C11H21N3O4. The minimum Gasteiger partial charge on any atom is -0.480 e. The minimum absolute atomic E-state index is 0.0481. The topological polar surface area (TPSA) is 122 Å². The molecule has 0 aromatic rings. The molecule has 0 saturated heterocycles. The predicted molar refractivity (Wildman–Crippen MR) is 65.8 cm³/mol. The molecule has 5 N–H and O–H groups in total. The van der Waals surface area contributed by atoms with Gasteiger partial charge in [0.15, 0.2) is 0 Å². The summed E-state index contributed by atoms with van der Waals surface area (Å²) in [5.41, 5.74) is 4.91. The first-order valence-electron chi connectivity index (χ1n) is 5.86. The summed E-state index contributed by atoms with van der Waals surface area (Å²) >= 11 is 0. The van der Waals surface area contributed by atoms with Gasteiger partial charge in [-0.25, -0.2) is 9.59 Å². The van der Waals surface area contributed by atoms with E-state index in [-0.39, 0.29) is 12.0 Å². The second kappa shape index (κ2) is 7.52. The van der Waals surface area contributed by atoms with Crippen LogP contribution in [0.2, 0.25) is 0 Å². The third-order valence-corrected chi connectivity index (χ3v) is 2.57. The van der Waals surface area contributed by atoms with Crippen molar-refractivity contribution in [3.05, 3.63) is 0 Å². The Morgan fingerprint density at radius 3 is 2.11 bits per heavy atom. The summed E-state index contributed by atoms with van der Waals surface area (Å²) in [7, 11) is 0. The number of carbonyl (C=O) groups excluding carboxylic acids is 2. The maximum Gasteiger partial charge on any atom is 0.326 e. The lowest BCUT2D eigenvalue weighted by Gasteiger charge is -2.22. The first-order valence-corrected chi connectivity index (χ1v) is 5.86. The SMILES string of the molecule is CCC(NC(=O)NC(CC(N)=O)C(=O)O)C(C)C. The van der Waals surface area contributed by atoms with Gasteiger partial charge in [0.1, 0.15) is 6.04 Å². The number of carboxylic acid groups (broad SMARTS) is 1. The molecular weight excluding hydrogens is 238 g/mol. The van der Waals surface area contributed by atoms with E-state index in [0.717, 1.165) is 6.42 Å². The first kappa shape index (κ1) is 16.2. The van der Waals surface area contributed by atoms with Gasteiger partial charge in [-0.15, -0.1) is 0 Å². The van der Waals surface area contributed by atoms with Crippen LogP contribution in [0.15, 0.2) is 0 Å². The summed E-state index contributed by atoms with van der Waals surface area (Å²) in [6.45, 7) is 5.82. The Labute approximate surface area is 106 Å². The van der Waals surface area contributed by atoms with Crippen LogP contribution in [0.3, 0.4) is 0 Å². The molecule has 2 atom stereocenters. The predicted octanol–water partition coefficient (Wildman–Crippen LogP) is 0.0488. The first-order chi connectivity index (χ1) is 8.27. The normalized spacial score (nSPS) is 13.8. The highest BCUT2D eigenvalue weighted by molar-refractivity contribution is 5.87. The minimum atomic E-state index is -1.30. The highest BCUT2D eigenvalue weighted by atomic mass is 16.4. The highest BCUT2D eigenvalue weighted by Gasteiger charge is 2.23. The molecule has 0 aromatic carbocycles. The van der Waals surface area contributed by atoms with Crippen LogP contribution in [0, 0.1) is 5.92 Å². The van der Waals surface area contributed by atoms with Gasteiger partial charge in [0.05, 0.1) is 6.42 Å². The van der Waals surface area contributed by atoms with Crippen molar-refractivity contribution in [1.29, 1.82) is 0 Å². The zero-order chi connectivity index (χ0) is 14.3. The van der Waals surface area contributed by atoms with Gasteiger partial charge < -0.3 is 21.5 Å². The van der Waals surface area contributed by atoms with E-state index in [4.69, 9.17) is 10.8 Å². The van der Waals surface area contributed by atoms with Crippen LogP contribution >= 0.6 is 0 Å². The van der Waals surface area contributed by atoms with Crippen molar-refractivity contribution < 1.29 is 19.5 Å². The molecule has 0 rings (SSSR count). The van der Waals surface area contributed by atoms with Crippen LogP contribution in [-0.4, -0.2) is 35.1 Å². The molecule has 7 heteroatoms. The summed E-state index contributed by atoms with van der Waals surface area (Å²) < 4.78 is 0. The molecule has 18 heavy (non-hydrogen) atoms. The average molecular weight is 259 g/mol. The highest BCUT2D eigenvalue weighted by Crippen LogP contribution is 2.05. The number of aliphatic carboxylic acids is 1. The van der Waals surface area contributed by atoms with Crippen molar-refractivity contribution >= 4 is 17.9 Å². The lowest BCUT2D eigenvalue weighted by Crippen LogP contribution is -2.51. The summed E-state index contributed by atoms with van der Waals surface area (Å²) in [4.78, 5) is 33.1. The maximum absolute atomic E-state index is 11.6. The van der Waals surface area contributed by atoms with Crippen LogP contribution in [0.1, 0.15) is 33.6 Å². The van der Waals surface area contributed by atoms with Crippen molar-refractivity contribution in [1.82, 2.24) is 10.6 Å². The Kier molecular flexibility index (Phi) is 6.77. The standard InChI is InChI=1S/C11H21N3O4/c1-4-7(6(2)3)13-11(18)14-8(10(16)17)5-9(12)15/h6-8H,4-5H2,1-3H3,(H2,12,15)(H,16,17)(H2,13,14,18). The number of nitrogens with two attached hydrogens (primary N) is 1. The molecule has 0 aliphatic heterocycles.